The van der Waals surface area contributed by atoms with Gasteiger partial charge in [-0.15, -0.1) is 0 Å². The highest BCUT2D eigenvalue weighted by atomic mass is 16.4. The first-order chi connectivity index (χ1) is 13.6. The van der Waals surface area contributed by atoms with Gasteiger partial charge in [-0.05, 0) is 60.0 Å². The molecule has 2 N–H and O–H groups in total. The minimum atomic E-state index is -0.915. The van der Waals surface area contributed by atoms with E-state index in [1.807, 2.05) is 54.6 Å². The summed E-state index contributed by atoms with van der Waals surface area (Å²) in [5.41, 5.74) is 2.00. The smallest absolute Gasteiger partial charge is 0.335 e. The summed E-state index contributed by atoms with van der Waals surface area (Å²) in [6, 6.07) is 20.9. The van der Waals surface area contributed by atoms with Crippen LogP contribution in [0.4, 0.5) is 5.69 Å². The van der Waals surface area contributed by atoms with Crippen molar-refractivity contribution in [2.24, 2.45) is 0 Å². The molecule has 0 radical (unpaired) electrons. The van der Waals surface area contributed by atoms with Crippen LogP contribution in [0.3, 0.4) is 0 Å². The van der Waals surface area contributed by atoms with Crippen LogP contribution in [0.15, 0.2) is 66.7 Å². The zero-order chi connectivity index (χ0) is 19.5. The predicted molar refractivity (Wildman–Crippen MR) is 110 cm³/mol. The van der Waals surface area contributed by atoms with Crippen LogP contribution in [0, 0.1) is 0 Å². The standard InChI is InChI=1S/C23H22N2O3/c26-22(19-6-5-16-3-1-2-4-18(16)15-19)24-20-11-13-25(14-12-20)21-9-7-17(8-10-21)23(27)28/h1-10,15,20H,11-14H2,(H,24,26)(H,27,28). The van der Waals surface area contributed by atoms with Gasteiger partial charge in [0.2, 0.25) is 0 Å². The summed E-state index contributed by atoms with van der Waals surface area (Å²) in [7, 11) is 0. The van der Waals surface area contributed by atoms with Gasteiger partial charge in [0, 0.05) is 30.4 Å². The molecule has 3 aromatic carbocycles. The van der Waals surface area contributed by atoms with Crippen LogP contribution in [0.25, 0.3) is 10.8 Å². The number of hydrogen-bond acceptors (Lipinski definition) is 3. The third kappa shape index (κ3) is 3.83. The number of carboxylic acid groups (broad SMARTS) is 1. The number of carboxylic acids is 1. The van der Waals surface area contributed by atoms with Crippen molar-refractivity contribution in [3.63, 3.8) is 0 Å². The number of fused-ring (bicyclic) bond motifs is 1. The topological polar surface area (TPSA) is 69.6 Å². The van der Waals surface area contributed by atoms with Crippen LogP contribution in [-0.2, 0) is 0 Å². The van der Waals surface area contributed by atoms with Crippen LogP contribution in [0.5, 0.6) is 0 Å². The summed E-state index contributed by atoms with van der Waals surface area (Å²) >= 11 is 0. The Kier molecular flexibility index (Phi) is 4.98. The van der Waals surface area contributed by atoms with E-state index in [1.165, 1.54) is 0 Å². The SMILES string of the molecule is O=C(O)c1ccc(N2CCC(NC(=O)c3ccc4ccccc4c3)CC2)cc1. The van der Waals surface area contributed by atoms with E-state index in [9.17, 15) is 9.59 Å². The van der Waals surface area contributed by atoms with E-state index in [-0.39, 0.29) is 11.9 Å². The molecule has 142 valence electrons. The molecule has 1 heterocycles. The second kappa shape index (κ2) is 7.72. The fourth-order valence-corrected chi connectivity index (χ4v) is 3.70. The average molecular weight is 374 g/mol. The number of anilines is 1. The highest BCUT2D eigenvalue weighted by Gasteiger charge is 2.21. The number of nitrogens with zero attached hydrogens (tertiary/aromatic N) is 1. The third-order valence-electron chi connectivity index (χ3n) is 5.32. The maximum Gasteiger partial charge on any atom is 0.335 e. The molecular formula is C23H22N2O3. The van der Waals surface area contributed by atoms with Crippen molar-refractivity contribution in [1.82, 2.24) is 5.32 Å². The Morgan fingerprint density at radius 2 is 1.50 bits per heavy atom. The first kappa shape index (κ1) is 18.0. The molecule has 3 aromatic rings. The second-order valence-corrected chi connectivity index (χ2v) is 7.15. The van der Waals surface area contributed by atoms with Crippen LogP contribution < -0.4 is 10.2 Å². The molecule has 28 heavy (non-hydrogen) atoms. The average Bonchev–Trinajstić information content (AvgIpc) is 2.74. The molecule has 5 nitrogen and oxygen atoms in total. The fourth-order valence-electron chi connectivity index (χ4n) is 3.70. The van der Waals surface area contributed by atoms with E-state index in [0.29, 0.717) is 11.1 Å². The highest BCUT2D eigenvalue weighted by Crippen LogP contribution is 2.21. The van der Waals surface area contributed by atoms with Gasteiger partial charge in [-0.3, -0.25) is 4.79 Å². The van der Waals surface area contributed by atoms with E-state index in [0.717, 1.165) is 42.4 Å². The van der Waals surface area contributed by atoms with Crippen molar-refractivity contribution in [2.45, 2.75) is 18.9 Å². The quantitative estimate of drug-likeness (QED) is 0.726. The normalized spacial score (nSPS) is 14.8. The van der Waals surface area contributed by atoms with Gasteiger partial charge in [0.25, 0.3) is 5.91 Å². The zero-order valence-electron chi connectivity index (χ0n) is 15.5. The van der Waals surface area contributed by atoms with Gasteiger partial charge < -0.3 is 15.3 Å². The summed E-state index contributed by atoms with van der Waals surface area (Å²) in [5, 5.41) is 14.3. The van der Waals surface area contributed by atoms with E-state index in [1.54, 1.807) is 12.1 Å². The maximum atomic E-state index is 12.6. The van der Waals surface area contributed by atoms with Crippen molar-refractivity contribution >= 4 is 28.3 Å². The zero-order valence-corrected chi connectivity index (χ0v) is 15.5. The molecule has 0 spiro atoms. The van der Waals surface area contributed by atoms with Crippen molar-refractivity contribution in [3.05, 3.63) is 77.9 Å². The molecule has 0 aliphatic carbocycles. The lowest BCUT2D eigenvalue weighted by molar-refractivity contribution is 0.0696. The monoisotopic (exact) mass is 374 g/mol. The Hall–Kier alpha value is -3.34. The molecule has 0 saturated carbocycles. The Bertz CT molecular complexity index is 1010. The first-order valence-corrected chi connectivity index (χ1v) is 9.48. The predicted octanol–water partition coefficient (Wildman–Crippen LogP) is 3.94. The van der Waals surface area contributed by atoms with Crippen LogP contribution in [0.1, 0.15) is 33.6 Å². The summed E-state index contributed by atoms with van der Waals surface area (Å²) in [5.74, 6) is -0.948. The van der Waals surface area contributed by atoms with Crippen molar-refractivity contribution < 1.29 is 14.7 Å². The fraction of sp³-hybridized carbons (Fsp3) is 0.217. The minimum absolute atomic E-state index is 0.0324. The number of rotatable bonds is 4. The molecule has 0 bridgehead atoms. The molecule has 0 unspecified atom stereocenters. The van der Waals surface area contributed by atoms with Gasteiger partial charge in [-0.2, -0.15) is 0 Å². The number of aromatic carboxylic acids is 1. The van der Waals surface area contributed by atoms with Gasteiger partial charge in [-0.1, -0.05) is 30.3 Å². The molecule has 1 aliphatic heterocycles. The van der Waals surface area contributed by atoms with Gasteiger partial charge in [0.05, 0.1) is 5.56 Å². The van der Waals surface area contributed by atoms with Gasteiger partial charge in [0.15, 0.2) is 0 Å². The minimum Gasteiger partial charge on any atom is -0.478 e. The van der Waals surface area contributed by atoms with E-state index >= 15 is 0 Å². The van der Waals surface area contributed by atoms with Gasteiger partial charge in [-0.25, -0.2) is 4.79 Å². The molecule has 1 amide bonds. The Balaban J connectivity index is 1.35. The van der Waals surface area contributed by atoms with Crippen LogP contribution in [0.2, 0.25) is 0 Å². The molecular weight excluding hydrogens is 352 g/mol. The number of benzene rings is 3. The lowest BCUT2D eigenvalue weighted by atomic mass is 10.0. The Morgan fingerprint density at radius 3 is 2.18 bits per heavy atom. The largest absolute Gasteiger partial charge is 0.478 e. The molecule has 4 rings (SSSR count). The number of hydrogen-bond donors (Lipinski definition) is 2. The molecule has 1 aliphatic rings. The number of amides is 1. The maximum absolute atomic E-state index is 12.6. The van der Waals surface area contributed by atoms with E-state index < -0.39 is 5.97 Å². The Labute approximate surface area is 163 Å². The highest BCUT2D eigenvalue weighted by molar-refractivity contribution is 5.98. The summed E-state index contributed by atoms with van der Waals surface area (Å²) in [6.07, 6.45) is 1.72. The third-order valence-corrected chi connectivity index (χ3v) is 5.32. The summed E-state index contributed by atoms with van der Waals surface area (Å²) < 4.78 is 0. The van der Waals surface area contributed by atoms with Crippen molar-refractivity contribution in [2.75, 3.05) is 18.0 Å². The number of carbonyl (C=O) groups is 2. The van der Waals surface area contributed by atoms with Crippen molar-refractivity contribution in [1.29, 1.82) is 0 Å². The number of carbonyl (C=O) groups excluding carboxylic acids is 1. The first-order valence-electron chi connectivity index (χ1n) is 9.48. The molecule has 5 heteroatoms. The van der Waals surface area contributed by atoms with Crippen LogP contribution >= 0.6 is 0 Å². The molecule has 1 saturated heterocycles. The van der Waals surface area contributed by atoms with E-state index in [4.69, 9.17) is 5.11 Å². The van der Waals surface area contributed by atoms with Gasteiger partial charge in [0.1, 0.15) is 0 Å². The lowest BCUT2D eigenvalue weighted by Gasteiger charge is -2.34. The lowest BCUT2D eigenvalue weighted by Crippen LogP contribution is -2.44. The van der Waals surface area contributed by atoms with Gasteiger partial charge >= 0.3 is 5.97 Å². The summed E-state index contributed by atoms with van der Waals surface area (Å²) in [6.45, 7) is 1.66. The van der Waals surface area contributed by atoms with Crippen molar-refractivity contribution in [3.8, 4) is 0 Å². The Morgan fingerprint density at radius 1 is 0.857 bits per heavy atom. The summed E-state index contributed by atoms with van der Waals surface area (Å²) in [4.78, 5) is 25.8. The second-order valence-electron chi connectivity index (χ2n) is 7.15. The number of piperidine rings is 1. The van der Waals surface area contributed by atoms with Crippen LogP contribution in [-0.4, -0.2) is 36.1 Å². The van der Waals surface area contributed by atoms with E-state index in [2.05, 4.69) is 10.2 Å². The molecule has 0 aromatic heterocycles. The molecule has 0 atom stereocenters. The number of nitrogens with one attached hydrogen (secondary N) is 1. The molecule has 1 fully saturated rings.